The summed E-state index contributed by atoms with van der Waals surface area (Å²) in [6.07, 6.45) is 0. The van der Waals surface area contributed by atoms with Crippen molar-refractivity contribution in [1.82, 2.24) is 15.4 Å². The number of carbonyl (C=O) groups is 1. The SMILES string of the molecule is CCN(CC)c1ccc2cc3c(NNC(=O)c4cccs4)nc(=O)nc-3oc2c1. The zero-order valence-electron chi connectivity index (χ0n) is 15.9. The van der Waals surface area contributed by atoms with Gasteiger partial charge in [0, 0.05) is 30.2 Å². The van der Waals surface area contributed by atoms with Gasteiger partial charge in [-0.25, -0.2) is 4.79 Å². The van der Waals surface area contributed by atoms with E-state index in [9.17, 15) is 9.59 Å². The molecule has 2 aromatic rings. The van der Waals surface area contributed by atoms with Gasteiger partial charge in [-0.15, -0.1) is 11.3 Å². The van der Waals surface area contributed by atoms with Gasteiger partial charge in [0.25, 0.3) is 5.91 Å². The molecular formula is C20H19N5O3S. The predicted molar refractivity (Wildman–Crippen MR) is 114 cm³/mol. The van der Waals surface area contributed by atoms with Crippen molar-refractivity contribution in [1.29, 1.82) is 0 Å². The molecular weight excluding hydrogens is 390 g/mol. The molecule has 1 aromatic carbocycles. The van der Waals surface area contributed by atoms with Crippen LogP contribution in [0, 0.1) is 0 Å². The van der Waals surface area contributed by atoms with Crippen molar-refractivity contribution in [3.63, 3.8) is 0 Å². The number of carbonyl (C=O) groups excluding carboxylic acids is 1. The van der Waals surface area contributed by atoms with Gasteiger partial charge in [0.05, 0.1) is 10.4 Å². The first-order valence-corrected chi connectivity index (χ1v) is 10.1. The molecule has 0 unspecified atom stereocenters. The summed E-state index contributed by atoms with van der Waals surface area (Å²) in [5.74, 6) is 0.0197. The summed E-state index contributed by atoms with van der Waals surface area (Å²) >= 11 is 1.31. The molecule has 0 atom stereocenters. The van der Waals surface area contributed by atoms with E-state index in [2.05, 4.69) is 39.6 Å². The molecule has 0 radical (unpaired) electrons. The number of rotatable bonds is 6. The first kappa shape index (κ1) is 18.9. The lowest BCUT2D eigenvalue weighted by Crippen LogP contribution is -2.31. The standard InChI is InChI=1S/C20H19N5O3S/c1-3-25(4-2)13-8-7-12-10-14-17(23-24-18(26)16-6-5-9-29-16)21-20(27)22-19(14)28-15(12)11-13/h5-11H,3-4H2,1-2H3,(H,24,26)(H,21,23,27). The van der Waals surface area contributed by atoms with Crippen LogP contribution >= 0.6 is 11.3 Å². The van der Waals surface area contributed by atoms with Gasteiger partial charge in [0.2, 0.25) is 5.89 Å². The van der Waals surface area contributed by atoms with Crippen molar-refractivity contribution in [2.75, 3.05) is 23.4 Å². The Hall–Kier alpha value is -3.46. The molecule has 1 amide bonds. The number of hydrogen-bond donors (Lipinski definition) is 2. The molecule has 0 saturated heterocycles. The molecule has 1 aromatic heterocycles. The molecule has 8 nitrogen and oxygen atoms in total. The number of amides is 1. The van der Waals surface area contributed by atoms with E-state index in [0.717, 1.165) is 24.2 Å². The Morgan fingerprint density at radius 1 is 1.17 bits per heavy atom. The van der Waals surface area contributed by atoms with Gasteiger partial charge in [-0.2, -0.15) is 9.97 Å². The zero-order valence-corrected chi connectivity index (χ0v) is 16.7. The van der Waals surface area contributed by atoms with Crippen molar-refractivity contribution in [3.8, 4) is 11.5 Å². The number of benzene rings is 1. The van der Waals surface area contributed by atoms with Gasteiger partial charge in [-0.3, -0.25) is 15.6 Å². The maximum absolute atomic E-state index is 12.2. The normalized spacial score (nSPS) is 11.0. The van der Waals surface area contributed by atoms with Gasteiger partial charge in [0.1, 0.15) is 5.58 Å². The number of nitrogens with zero attached hydrogens (tertiary/aromatic N) is 3. The summed E-state index contributed by atoms with van der Waals surface area (Å²) in [5.41, 5.74) is 6.72. The molecule has 3 heterocycles. The van der Waals surface area contributed by atoms with Gasteiger partial charge < -0.3 is 9.32 Å². The van der Waals surface area contributed by atoms with Crippen LogP contribution in [-0.2, 0) is 0 Å². The predicted octanol–water partition coefficient (Wildman–Crippen LogP) is 3.35. The number of hydrazine groups is 1. The highest BCUT2D eigenvalue weighted by molar-refractivity contribution is 7.12. The van der Waals surface area contributed by atoms with E-state index < -0.39 is 5.69 Å². The van der Waals surface area contributed by atoms with E-state index in [-0.39, 0.29) is 17.6 Å². The second-order valence-electron chi connectivity index (χ2n) is 6.27. The van der Waals surface area contributed by atoms with Crippen LogP contribution in [0.25, 0.3) is 22.4 Å². The minimum absolute atomic E-state index is 0.155. The van der Waals surface area contributed by atoms with E-state index >= 15 is 0 Å². The molecule has 29 heavy (non-hydrogen) atoms. The van der Waals surface area contributed by atoms with E-state index in [1.165, 1.54) is 11.3 Å². The van der Waals surface area contributed by atoms with Crippen LogP contribution in [0.3, 0.4) is 0 Å². The van der Waals surface area contributed by atoms with Crippen molar-refractivity contribution in [2.45, 2.75) is 13.8 Å². The van der Waals surface area contributed by atoms with E-state index in [1.54, 1.807) is 12.1 Å². The summed E-state index contributed by atoms with van der Waals surface area (Å²) < 4.78 is 5.90. The molecule has 2 N–H and O–H groups in total. The molecule has 2 aliphatic heterocycles. The molecule has 4 rings (SSSR count). The Balaban J connectivity index is 1.71. The number of thiophene rings is 1. The Morgan fingerprint density at radius 2 is 2.00 bits per heavy atom. The summed E-state index contributed by atoms with van der Waals surface area (Å²) in [6, 6.07) is 11.2. The van der Waals surface area contributed by atoms with Crippen molar-refractivity contribution in [2.24, 2.45) is 0 Å². The van der Waals surface area contributed by atoms with Crippen LogP contribution in [0.4, 0.5) is 11.5 Å². The molecule has 0 fully saturated rings. The van der Waals surface area contributed by atoms with Crippen LogP contribution in [0.2, 0.25) is 0 Å². The fraction of sp³-hybridized carbons (Fsp3) is 0.200. The highest BCUT2D eigenvalue weighted by Gasteiger charge is 2.18. The Morgan fingerprint density at radius 3 is 2.72 bits per heavy atom. The third kappa shape index (κ3) is 3.77. The van der Waals surface area contributed by atoms with Gasteiger partial charge >= 0.3 is 5.69 Å². The van der Waals surface area contributed by atoms with Crippen LogP contribution in [-0.4, -0.2) is 29.0 Å². The fourth-order valence-corrected chi connectivity index (χ4v) is 3.71. The maximum atomic E-state index is 12.2. The van der Waals surface area contributed by atoms with Crippen LogP contribution in [0.1, 0.15) is 23.5 Å². The second-order valence-corrected chi connectivity index (χ2v) is 7.22. The molecule has 0 aliphatic carbocycles. The quantitative estimate of drug-likeness (QED) is 0.372. The van der Waals surface area contributed by atoms with E-state index in [0.29, 0.717) is 16.0 Å². The van der Waals surface area contributed by atoms with E-state index in [1.807, 2.05) is 29.6 Å². The number of aromatic nitrogens is 2. The molecule has 2 aliphatic rings. The lowest BCUT2D eigenvalue weighted by molar-refractivity contribution is 0.0966. The number of anilines is 2. The molecule has 9 heteroatoms. The molecule has 148 valence electrons. The number of fused-ring (bicyclic) bond motifs is 2. The fourth-order valence-electron chi connectivity index (χ4n) is 3.09. The summed E-state index contributed by atoms with van der Waals surface area (Å²) in [5, 5.41) is 2.64. The molecule has 0 bridgehead atoms. The van der Waals surface area contributed by atoms with Crippen LogP contribution in [0.15, 0.2) is 51.0 Å². The Kier molecular flexibility index (Phi) is 5.13. The smallest absolute Gasteiger partial charge is 0.372 e. The molecule has 0 spiro atoms. The summed E-state index contributed by atoms with van der Waals surface area (Å²) in [4.78, 5) is 34.6. The lowest BCUT2D eigenvalue weighted by Gasteiger charge is -2.21. The van der Waals surface area contributed by atoms with Gasteiger partial charge in [0.15, 0.2) is 5.82 Å². The van der Waals surface area contributed by atoms with Crippen LogP contribution < -0.4 is 21.4 Å². The van der Waals surface area contributed by atoms with Crippen molar-refractivity contribution >= 4 is 39.7 Å². The monoisotopic (exact) mass is 409 g/mol. The average molecular weight is 409 g/mol. The summed E-state index contributed by atoms with van der Waals surface area (Å²) in [7, 11) is 0. The topological polar surface area (TPSA) is 100 Å². The average Bonchev–Trinajstić information content (AvgIpc) is 3.26. The molecule has 0 saturated carbocycles. The highest BCUT2D eigenvalue weighted by Crippen LogP contribution is 2.32. The second kappa shape index (κ2) is 7.88. The first-order chi connectivity index (χ1) is 14.1. The minimum atomic E-state index is -0.701. The Labute approximate surface area is 170 Å². The lowest BCUT2D eigenvalue weighted by atomic mass is 10.1. The van der Waals surface area contributed by atoms with Gasteiger partial charge in [-0.05, 0) is 43.5 Å². The minimum Gasteiger partial charge on any atom is -0.437 e. The third-order valence-electron chi connectivity index (χ3n) is 4.56. The first-order valence-electron chi connectivity index (χ1n) is 9.19. The van der Waals surface area contributed by atoms with E-state index in [4.69, 9.17) is 4.42 Å². The third-order valence-corrected chi connectivity index (χ3v) is 5.43. The highest BCUT2D eigenvalue weighted by atomic mass is 32.1. The number of nitrogens with one attached hydrogen (secondary N) is 2. The van der Waals surface area contributed by atoms with Crippen LogP contribution in [0.5, 0.6) is 0 Å². The largest absolute Gasteiger partial charge is 0.437 e. The summed E-state index contributed by atoms with van der Waals surface area (Å²) in [6.45, 7) is 5.93. The van der Waals surface area contributed by atoms with Gasteiger partial charge in [-0.1, -0.05) is 6.07 Å². The maximum Gasteiger partial charge on any atom is 0.372 e. The zero-order chi connectivity index (χ0) is 20.4. The number of hydrogen-bond acceptors (Lipinski definition) is 8. The Bertz CT molecular complexity index is 1180. The van der Waals surface area contributed by atoms with Crippen molar-refractivity contribution < 1.29 is 9.21 Å². The van der Waals surface area contributed by atoms with Crippen molar-refractivity contribution in [3.05, 3.63) is 57.1 Å².